The largest absolute Gasteiger partial charge is 0.489 e. The van der Waals surface area contributed by atoms with Crippen LogP contribution >= 0.6 is 0 Å². The fraction of sp³-hybridized carbons (Fsp3) is 0.308. The number of pyridine rings is 1. The smallest absolute Gasteiger partial charge is 0.258 e. The molecule has 2 heterocycles. The van der Waals surface area contributed by atoms with Gasteiger partial charge in [0.25, 0.3) is 11.5 Å². The Labute approximate surface area is 197 Å². The van der Waals surface area contributed by atoms with Crippen LogP contribution in [0.2, 0.25) is 0 Å². The van der Waals surface area contributed by atoms with Crippen LogP contribution in [0.15, 0.2) is 71.7 Å². The van der Waals surface area contributed by atoms with Gasteiger partial charge in [0.1, 0.15) is 12.4 Å². The van der Waals surface area contributed by atoms with Gasteiger partial charge < -0.3 is 20.4 Å². The maximum absolute atomic E-state index is 13.3. The first-order valence-electron chi connectivity index (χ1n) is 11.3. The summed E-state index contributed by atoms with van der Waals surface area (Å²) in [7, 11) is 0. The highest BCUT2D eigenvalue weighted by atomic mass is 19.3. The topological polar surface area (TPSA) is 70.3 Å². The van der Waals surface area contributed by atoms with Gasteiger partial charge in [-0.1, -0.05) is 30.3 Å². The third kappa shape index (κ3) is 6.08. The molecule has 3 aromatic rings. The van der Waals surface area contributed by atoms with Crippen molar-refractivity contribution in [1.82, 2.24) is 9.47 Å². The zero-order valence-corrected chi connectivity index (χ0v) is 18.8. The van der Waals surface area contributed by atoms with Gasteiger partial charge in [0.05, 0.1) is 0 Å². The number of alkyl halides is 2. The number of piperidine rings is 1. The summed E-state index contributed by atoms with van der Waals surface area (Å²) in [4.78, 5) is 14.7. The molecular formula is C26H28F2N4O2. The summed E-state index contributed by atoms with van der Waals surface area (Å²) < 4.78 is 33.8. The summed E-state index contributed by atoms with van der Waals surface area (Å²) >= 11 is 0. The van der Waals surface area contributed by atoms with E-state index < -0.39 is 5.92 Å². The van der Waals surface area contributed by atoms with Crippen LogP contribution in [-0.4, -0.2) is 47.8 Å². The highest BCUT2D eigenvalue weighted by Gasteiger charge is 2.33. The van der Waals surface area contributed by atoms with Crippen molar-refractivity contribution in [3.05, 3.63) is 88.3 Å². The molecule has 0 radical (unpaired) electrons. The summed E-state index contributed by atoms with van der Waals surface area (Å²) in [6, 6.07) is 18.3. The lowest BCUT2D eigenvalue weighted by atomic mass is 10.1. The summed E-state index contributed by atoms with van der Waals surface area (Å²) in [5.41, 5.74) is 2.82. The monoisotopic (exact) mass is 466 g/mol. The summed E-state index contributed by atoms with van der Waals surface area (Å²) in [5.74, 6) is -2.05. The number of hydrogen-bond donors (Lipinski definition) is 2. The number of halogens is 2. The van der Waals surface area contributed by atoms with Crippen LogP contribution in [0, 0.1) is 5.41 Å². The summed E-state index contributed by atoms with van der Waals surface area (Å²) in [5, 5.41) is 11.1. The first kappa shape index (κ1) is 23.6. The van der Waals surface area contributed by atoms with E-state index in [0.29, 0.717) is 49.8 Å². The third-order valence-electron chi connectivity index (χ3n) is 5.94. The predicted molar refractivity (Wildman–Crippen MR) is 130 cm³/mol. The molecule has 0 bridgehead atoms. The maximum atomic E-state index is 13.3. The van der Waals surface area contributed by atoms with E-state index in [4.69, 9.17) is 10.1 Å². The molecule has 0 saturated carbocycles. The minimum atomic E-state index is -2.54. The highest BCUT2D eigenvalue weighted by molar-refractivity contribution is 5.86. The van der Waals surface area contributed by atoms with Crippen LogP contribution in [0.1, 0.15) is 24.0 Å². The molecule has 0 amide bonds. The van der Waals surface area contributed by atoms with Gasteiger partial charge in [0.2, 0.25) is 0 Å². The van der Waals surface area contributed by atoms with E-state index in [1.165, 1.54) is 16.8 Å². The minimum Gasteiger partial charge on any atom is -0.489 e. The molecule has 1 aromatic heterocycles. The van der Waals surface area contributed by atoms with Gasteiger partial charge in [-0.2, -0.15) is 0 Å². The molecule has 1 fully saturated rings. The van der Waals surface area contributed by atoms with E-state index >= 15 is 0 Å². The predicted octanol–water partition coefficient (Wildman–Crippen LogP) is 4.56. The summed E-state index contributed by atoms with van der Waals surface area (Å²) in [6.07, 6.45) is 2.69. The Morgan fingerprint density at radius 1 is 1.06 bits per heavy atom. The van der Waals surface area contributed by atoms with E-state index in [1.807, 2.05) is 47.4 Å². The van der Waals surface area contributed by atoms with Crippen LogP contribution in [0.25, 0.3) is 5.69 Å². The van der Waals surface area contributed by atoms with Crippen LogP contribution in [0.3, 0.4) is 0 Å². The molecule has 1 saturated heterocycles. The molecule has 1 aliphatic heterocycles. The Morgan fingerprint density at radius 3 is 2.53 bits per heavy atom. The average Bonchev–Trinajstić information content (AvgIpc) is 2.85. The first-order chi connectivity index (χ1) is 16.4. The molecule has 0 spiro atoms. The van der Waals surface area contributed by atoms with Crippen LogP contribution < -0.4 is 15.6 Å². The molecule has 0 aliphatic carbocycles. The van der Waals surface area contributed by atoms with E-state index in [-0.39, 0.29) is 18.4 Å². The van der Waals surface area contributed by atoms with E-state index in [9.17, 15) is 13.6 Å². The molecule has 2 N–H and O–H groups in total. The molecule has 2 aromatic carbocycles. The van der Waals surface area contributed by atoms with Crippen molar-refractivity contribution in [2.45, 2.75) is 25.4 Å². The number of aromatic nitrogens is 1. The molecule has 6 nitrogen and oxygen atoms in total. The third-order valence-corrected chi connectivity index (χ3v) is 5.94. The van der Waals surface area contributed by atoms with Gasteiger partial charge in [-0.3, -0.25) is 9.36 Å². The molecule has 178 valence electrons. The molecule has 4 rings (SSSR count). The lowest BCUT2D eigenvalue weighted by Crippen LogP contribution is -2.41. The number of ether oxygens (including phenoxy) is 1. The van der Waals surface area contributed by atoms with Gasteiger partial charge in [-0.15, -0.1) is 0 Å². The van der Waals surface area contributed by atoms with E-state index in [2.05, 4.69) is 5.32 Å². The Morgan fingerprint density at radius 2 is 1.82 bits per heavy atom. The number of nitrogens with zero attached hydrogens (tertiary/aromatic N) is 2. The van der Waals surface area contributed by atoms with Gasteiger partial charge in [0.15, 0.2) is 0 Å². The van der Waals surface area contributed by atoms with Crippen molar-refractivity contribution in [1.29, 1.82) is 5.41 Å². The summed E-state index contributed by atoms with van der Waals surface area (Å²) in [6.45, 7) is 2.39. The fourth-order valence-electron chi connectivity index (χ4n) is 3.94. The standard InChI is InChI=1S/C26H28F2N4O2/c27-26(28)9-13-31(14-10-26)15-11-30-24-7-6-22(16-21(24)18-29)32-12-8-23(17-25(32)33)34-19-20-4-2-1-3-5-20/h1-8,12,16-18,29-30H,9-11,13-15,19H2. The van der Waals surface area contributed by atoms with Crippen molar-refractivity contribution in [3.8, 4) is 11.4 Å². The number of hydrogen-bond acceptors (Lipinski definition) is 5. The number of rotatable bonds is 9. The van der Waals surface area contributed by atoms with Crippen molar-refractivity contribution in [2.75, 3.05) is 31.5 Å². The zero-order valence-electron chi connectivity index (χ0n) is 18.8. The normalized spacial score (nSPS) is 15.6. The van der Waals surface area contributed by atoms with Crippen molar-refractivity contribution in [3.63, 3.8) is 0 Å². The van der Waals surface area contributed by atoms with Crippen LogP contribution in [0.4, 0.5) is 14.5 Å². The van der Waals surface area contributed by atoms with Crippen molar-refractivity contribution >= 4 is 11.9 Å². The van der Waals surface area contributed by atoms with Crippen LogP contribution in [-0.2, 0) is 6.61 Å². The van der Waals surface area contributed by atoms with Gasteiger partial charge in [0, 0.05) is 74.4 Å². The highest BCUT2D eigenvalue weighted by Crippen LogP contribution is 2.27. The van der Waals surface area contributed by atoms with Crippen molar-refractivity contribution < 1.29 is 13.5 Å². The van der Waals surface area contributed by atoms with Crippen LogP contribution in [0.5, 0.6) is 5.75 Å². The SMILES string of the molecule is N=Cc1cc(-n2ccc(OCc3ccccc3)cc2=O)ccc1NCCN1CCC(F)(F)CC1. The second kappa shape index (κ2) is 10.6. The molecule has 8 heteroatoms. The minimum absolute atomic E-state index is 0.0989. The molecule has 34 heavy (non-hydrogen) atoms. The second-order valence-electron chi connectivity index (χ2n) is 8.39. The van der Waals surface area contributed by atoms with E-state index in [0.717, 1.165) is 11.3 Å². The lowest BCUT2D eigenvalue weighted by Gasteiger charge is -2.31. The van der Waals surface area contributed by atoms with Gasteiger partial charge in [-0.05, 0) is 29.8 Å². The number of nitrogens with one attached hydrogen (secondary N) is 2. The molecule has 1 aliphatic rings. The second-order valence-corrected chi connectivity index (χ2v) is 8.39. The lowest BCUT2D eigenvalue weighted by molar-refractivity contribution is -0.0543. The first-order valence-corrected chi connectivity index (χ1v) is 11.3. The quantitative estimate of drug-likeness (QED) is 0.454. The Kier molecular flexibility index (Phi) is 7.37. The van der Waals surface area contributed by atoms with Gasteiger partial charge in [-0.25, -0.2) is 8.78 Å². The Balaban J connectivity index is 1.37. The maximum Gasteiger partial charge on any atom is 0.258 e. The Hall–Kier alpha value is -3.52. The van der Waals surface area contributed by atoms with Crippen molar-refractivity contribution in [2.24, 2.45) is 0 Å². The average molecular weight is 467 g/mol. The zero-order chi connectivity index (χ0) is 24.0. The van der Waals surface area contributed by atoms with E-state index in [1.54, 1.807) is 18.3 Å². The number of benzene rings is 2. The molecular weight excluding hydrogens is 438 g/mol. The fourth-order valence-corrected chi connectivity index (χ4v) is 3.94. The molecule has 0 atom stereocenters. The van der Waals surface area contributed by atoms with Gasteiger partial charge >= 0.3 is 0 Å². The number of likely N-dealkylation sites (tertiary alicyclic amines) is 1. The number of anilines is 1. The molecule has 0 unspecified atom stereocenters. The Bertz CT molecular complexity index is 1170.